The lowest BCUT2D eigenvalue weighted by Crippen LogP contribution is -2.52. The Balaban J connectivity index is 1.65. The molecule has 114 valence electrons. The molecule has 0 bridgehead atoms. The van der Waals surface area contributed by atoms with E-state index >= 15 is 0 Å². The van der Waals surface area contributed by atoms with Crippen LogP contribution in [-0.4, -0.2) is 59.3 Å². The zero-order valence-corrected chi connectivity index (χ0v) is 13.7. The number of aryl methyl sites for hydroxylation is 1. The zero-order chi connectivity index (χ0) is 14.8. The molecule has 0 atom stereocenters. The van der Waals surface area contributed by atoms with Crippen LogP contribution in [0, 0.1) is 0 Å². The van der Waals surface area contributed by atoms with Gasteiger partial charge in [-0.25, -0.2) is 14.6 Å². The molecule has 0 saturated carbocycles. The van der Waals surface area contributed by atoms with Gasteiger partial charge < -0.3 is 14.4 Å². The second-order valence-electron chi connectivity index (χ2n) is 5.05. The number of hydrogen-bond donors (Lipinski definition) is 0. The Morgan fingerprint density at radius 1 is 1.33 bits per heavy atom. The summed E-state index contributed by atoms with van der Waals surface area (Å²) in [5.74, 6) is 0.914. The minimum Gasteiger partial charge on any atom is -0.385 e. The molecule has 1 aliphatic rings. The molecule has 7 nitrogen and oxygen atoms in total. The van der Waals surface area contributed by atoms with Crippen LogP contribution in [-0.2, 0) is 16.5 Å². The van der Waals surface area contributed by atoms with Crippen LogP contribution in [0.2, 0.25) is 0 Å². The zero-order valence-electron chi connectivity index (χ0n) is 12.1. The molecule has 0 aromatic carbocycles. The first-order valence-corrected chi connectivity index (χ1v) is 7.68. The molecule has 3 heterocycles. The van der Waals surface area contributed by atoms with Gasteiger partial charge >= 0.3 is 0 Å². The summed E-state index contributed by atoms with van der Waals surface area (Å²) < 4.78 is 13.3. The number of halogens is 1. The first-order chi connectivity index (χ1) is 10.2. The van der Waals surface area contributed by atoms with Gasteiger partial charge in [-0.2, -0.15) is 5.10 Å². The van der Waals surface area contributed by atoms with Crippen molar-refractivity contribution in [3.63, 3.8) is 0 Å². The molecular weight excluding hydrogens is 338 g/mol. The third-order valence-corrected chi connectivity index (χ3v) is 4.11. The van der Waals surface area contributed by atoms with Crippen LogP contribution in [0.3, 0.4) is 0 Å². The van der Waals surface area contributed by atoms with Crippen LogP contribution in [0.15, 0.2) is 10.9 Å². The van der Waals surface area contributed by atoms with Crippen LogP contribution in [0.1, 0.15) is 6.42 Å². The van der Waals surface area contributed by atoms with Crippen molar-refractivity contribution < 1.29 is 9.47 Å². The number of aromatic nitrogens is 4. The van der Waals surface area contributed by atoms with Gasteiger partial charge in [-0.3, -0.25) is 0 Å². The van der Waals surface area contributed by atoms with Crippen LogP contribution in [0.4, 0.5) is 5.82 Å². The highest BCUT2D eigenvalue weighted by Gasteiger charge is 2.31. The first kappa shape index (κ1) is 14.7. The van der Waals surface area contributed by atoms with Crippen molar-refractivity contribution in [1.82, 2.24) is 19.7 Å². The van der Waals surface area contributed by atoms with Crippen molar-refractivity contribution in [2.45, 2.75) is 12.5 Å². The van der Waals surface area contributed by atoms with Gasteiger partial charge in [0.2, 0.25) is 0 Å². The molecule has 0 spiro atoms. The number of hydrogen-bond acceptors (Lipinski definition) is 6. The molecule has 0 N–H and O–H groups in total. The van der Waals surface area contributed by atoms with Crippen molar-refractivity contribution >= 4 is 32.8 Å². The van der Waals surface area contributed by atoms with Gasteiger partial charge in [0.15, 0.2) is 5.65 Å². The van der Waals surface area contributed by atoms with Crippen LogP contribution < -0.4 is 4.90 Å². The lowest BCUT2D eigenvalue weighted by atomic mass is 10.1. The average Bonchev–Trinajstić information content (AvgIpc) is 2.72. The first-order valence-electron chi connectivity index (χ1n) is 6.89. The molecule has 1 saturated heterocycles. The molecule has 0 amide bonds. The van der Waals surface area contributed by atoms with Gasteiger partial charge in [-0.1, -0.05) is 0 Å². The summed E-state index contributed by atoms with van der Waals surface area (Å²) >= 11 is 3.48. The second kappa shape index (κ2) is 6.25. The van der Waals surface area contributed by atoms with Crippen LogP contribution in [0.25, 0.3) is 11.0 Å². The molecule has 0 radical (unpaired) electrons. The molecule has 2 aromatic rings. The van der Waals surface area contributed by atoms with Gasteiger partial charge in [0, 0.05) is 40.5 Å². The highest BCUT2D eigenvalue weighted by Crippen LogP contribution is 2.32. The minimum absolute atomic E-state index is 0.266. The SMILES string of the molecule is COCCCOC1CN(c2ncnc3c2c(Br)nn3C)C1. The fraction of sp³-hybridized carbons (Fsp3) is 0.615. The molecule has 0 unspecified atom stereocenters. The Morgan fingerprint density at radius 3 is 2.90 bits per heavy atom. The summed E-state index contributed by atoms with van der Waals surface area (Å²) in [6, 6.07) is 0. The minimum atomic E-state index is 0.266. The summed E-state index contributed by atoms with van der Waals surface area (Å²) in [6.07, 6.45) is 2.78. The topological polar surface area (TPSA) is 65.3 Å². The summed E-state index contributed by atoms with van der Waals surface area (Å²) in [4.78, 5) is 10.9. The van der Waals surface area contributed by atoms with Crippen LogP contribution in [0.5, 0.6) is 0 Å². The second-order valence-corrected chi connectivity index (χ2v) is 5.81. The van der Waals surface area contributed by atoms with Crippen molar-refractivity contribution in [2.24, 2.45) is 7.05 Å². The summed E-state index contributed by atoms with van der Waals surface area (Å²) in [5, 5.41) is 5.30. The molecule has 8 heteroatoms. The maximum atomic E-state index is 5.78. The van der Waals surface area contributed by atoms with Crippen LogP contribution >= 0.6 is 15.9 Å². The van der Waals surface area contributed by atoms with Crippen molar-refractivity contribution in [3.05, 3.63) is 10.9 Å². The predicted octanol–water partition coefficient (Wildman–Crippen LogP) is 1.37. The lowest BCUT2D eigenvalue weighted by molar-refractivity contribution is 0.0231. The standard InChI is InChI=1S/C13H18BrN5O2/c1-18-12-10(11(14)17-18)13(16-8-15-12)19-6-9(7-19)21-5-3-4-20-2/h8-9H,3-7H2,1-2H3. The predicted molar refractivity (Wildman–Crippen MR) is 82.5 cm³/mol. The van der Waals surface area contributed by atoms with Gasteiger partial charge in [0.1, 0.15) is 16.7 Å². The fourth-order valence-corrected chi connectivity index (χ4v) is 3.03. The number of ether oxygens (including phenoxy) is 2. The molecule has 2 aromatic heterocycles. The normalized spacial score (nSPS) is 15.7. The Labute approximate surface area is 131 Å². The maximum absolute atomic E-state index is 5.78. The Kier molecular flexibility index (Phi) is 4.37. The van der Waals surface area contributed by atoms with Crippen molar-refractivity contribution in [3.8, 4) is 0 Å². The van der Waals surface area contributed by atoms with E-state index in [1.807, 2.05) is 7.05 Å². The van der Waals surface area contributed by atoms with E-state index in [9.17, 15) is 0 Å². The van der Waals surface area contributed by atoms with E-state index in [4.69, 9.17) is 9.47 Å². The summed E-state index contributed by atoms with van der Waals surface area (Å²) in [7, 11) is 3.58. The smallest absolute Gasteiger partial charge is 0.164 e. The average molecular weight is 356 g/mol. The molecule has 1 aliphatic heterocycles. The Morgan fingerprint density at radius 2 is 2.14 bits per heavy atom. The molecule has 3 rings (SSSR count). The molecule has 0 aliphatic carbocycles. The number of methoxy groups -OCH3 is 1. The quantitative estimate of drug-likeness (QED) is 0.729. The monoisotopic (exact) mass is 355 g/mol. The Bertz CT molecular complexity index is 626. The van der Waals surface area contributed by atoms with E-state index in [0.717, 1.165) is 54.2 Å². The number of anilines is 1. The molecule has 21 heavy (non-hydrogen) atoms. The van der Waals surface area contributed by atoms with Gasteiger partial charge in [0.25, 0.3) is 0 Å². The third-order valence-electron chi connectivity index (χ3n) is 3.55. The van der Waals surface area contributed by atoms with E-state index in [-0.39, 0.29) is 6.10 Å². The fourth-order valence-electron chi connectivity index (χ4n) is 2.44. The largest absolute Gasteiger partial charge is 0.385 e. The maximum Gasteiger partial charge on any atom is 0.164 e. The number of nitrogens with zero attached hydrogens (tertiary/aromatic N) is 5. The van der Waals surface area contributed by atoms with Crippen molar-refractivity contribution in [1.29, 1.82) is 0 Å². The number of rotatable bonds is 6. The van der Waals surface area contributed by atoms with E-state index in [1.54, 1.807) is 18.1 Å². The summed E-state index contributed by atoms with van der Waals surface area (Å²) in [5.41, 5.74) is 0.830. The van der Waals surface area contributed by atoms with Gasteiger partial charge in [0.05, 0.1) is 11.5 Å². The van der Waals surface area contributed by atoms with Gasteiger partial charge in [-0.15, -0.1) is 0 Å². The van der Waals surface area contributed by atoms with E-state index in [1.165, 1.54) is 0 Å². The van der Waals surface area contributed by atoms with E-state index in [2.05, 4.69) is 35.9 Å². The highest BCUT2D eigenvalue weighted by atomic mass is 79.9. The van der Waals surface area contributed by atoms with Crippen molar-refractivity contribution in [2.75, 3.05) is 38.3 Å². The Hall–Kier alpha value is -1.25. The third kappa shape index (κ3) is 2.88. The molecule has 1 fully saturated rings. The number of fused-ring (bicyclic) bond motifs is 1. The van der Waals surface area contributed by atoms with E-state index < -0.39 is 0 Å². The lowest BCUT2D eigenvalue weighted by Gasteiger charge is -2.39. The summed E-state index contributed by atoms with van der Waals surface area (Å²) in [6.45, 7) is 3.18. The van der Waals surface area contributed by atoms with E-state index in [0.29, 0.717) is 0 Å². The highest BCUT2D eigenvalue weighted by molar-refractivity contribution is 9.10. The molecular formula is C13H18BrN5O2. The van der Waals surface area contributed by atoms with Gasteiger partial charge in [-0.05, 0) is 22.4 Å².